The van der Waals surface area contributed by atoms with Crippen LogP contribution in [0.4, 0.5) is 18.9 Å². The molecule has 0 bridgehead atoms. The molecule has 132 valence electrons. The lowest BCUT2D eigenvalue weighted by Gasteiger charge is -2.34. The maximum atomic E-state index is 12.7. The highest BCUT2D eigenvalue weighted by Gasteiger charge is 2.31. The van der Waals surface area contributed by atoms with Gasteiger partial charge in [-0.2, -0.15) is 13.2 Å². The van der Waals surface area contributed by atoms with Gasteiger partial charge in [0.15, 0.2) is 0 Å². The van der Waals surface area contributed by atoms with E-state index in [9.17, 15) is 22.8 Å². The van der Waals surface area contributed by atoms with Crippen LogP contribution in [0.1, 0.15) is 18.9 Å². The third-order valence-corrected chi connectivity index (χ3v) is 3.93. The standard InChI is InChI=1S/C16H19F3N2O3/c1-10-5-11(15(23)24)8-21(7-10)9-14(22)20-13-4-2-3-12(6-13)16(17,18)19/h2-4,6,10-11H,5,7-9H2,1H3,(H,20,22)(H,23,24). The summed E-state index contributed by atoms with van der Waals surface area (Å²) in [5.41, 5.74) is -0.771. The highest BCUT2D eigenvalue weighted by Crippen LogP contribution is 2.30. The number of amides is 1. The summed E-state index contributed by atoms with van der Waals surface area (Å²) in [6, 6.07) is 4.41. The molecule has 5 nitrogen and oxygen atoms in total. The molecule has 1 aromatic carbocycles. The molecule has 0 aliphatic carbocycles. The SMILES string of the molecule is CC1CC(C(=O)O)CN(CC(=O)Nc2cccc(C(F)(F)F)c2)C1. The predicted molar refractivity (Wildman–Crippen MR) is 81.4 cm³/mol. The Kier molecular flexibility index (Phi) is 5.48. The van der Waals surface area contributed by atoms with E-state index in [2.05, 4.69) is 5.32 Å². The molecule has 1 aliphatic heterocycles. The molecule has 1 amide bonds. The van der Waals surface area contributed by atoms with Gasteiger partial charge in [-0.15, -0.1) is 0 Å². The van der Waals surface area contributed by atoms with E-state index < -0.39 is 29.5 Å². The van der Waals surface area contributed by atoms with Crippen molar-refractivity contribution in [3.05, 3.63) is 29.8 Å². The van der Waals surface area contributed by atoms with Crippen LogP contribution in [-0.2, 0) is 15.8 Å². The highest BCUT2D eigenvalue weighted by atomic mass is 19.4. The number of nitrogens with one attached hydrogen (secondary N) is 1. The first-order chi connectivity index (χ1) is 11.1. The van der Waals surface area contributed by atoms with E-state index in [4.69, 9.17) is 5.11 Å². The number of aliphatic carboxylic acids is 1. The normalized spacial score (nSPS) is 22.2. The number of halogens is 3. The Bertz CT molecular complexity index is 619. The maximum absolute atomic E-state index is 12.7. The summed E-state index contributed by atoms with van der Waals surface area (Å²) in [7, 11) is 0. The number of piperidine rings is 1. The minimum Gasteiger partial charge on any atom is -0.481 e. The van der Waals surface area contributed by atoms with Gasteiger partial charge in [-0.3, -0.25) is 14.5 Å². The van der Waals surface area contributed by atoms with Gasteiger partial charge in [-0.25, -0.2) is 0 Å². The molecule has 1 heterocycles. The van der Waals surface area contributed by atoms with Gasteiger partial charge < -0.3 is 10.4 Å². The minimum atomic E-state index is -4.47. The zero-order chi connectivity index (χ0) is 17.9. The number of carboxylic acids is 1. The van der Waals surface area contributed by atoms with Gasteiger partial charge in [-0.1, -0.05) is 13.0 Å². The summed E-state index contributed by atoms with van der Waals surface area (Å²) >= 11 is 0. The summed E-state index contributed by atoms with van der Waals surface area (Å²) in [6.45, 7) is 2.70. The summed E-state index contributed by atoms with van der Waals surface area (Å²) < 4.78 is 38.0. The van der Waals surface area contributed by atoms with Crippen molar-refractivity contribution in [2.24, 2.45) is 11.8 Å². The van der Waals surface area contributed by atoms with Crippen LogP contribution in [0.5, 0.6) is 0 Å². The number of benzene rings is 1. The van der Waals surface area contributed by atoms with Crippen molar-refractivity contribution in [2.75, 3.05) is 25.0 Å². The Labute approximate surface area is 137 Å². The van der Waals surface area contributed by atoms with Gasteiger partial charge in [0.05, 0.1) is 18.0 Å². The Morgan fingerprint density at radius 2 is 2.04 bits per heavy atom. The van der Waals surface area contributed by atoms with Gasteiger partial charge >= 0.3 is 12.1 Å². The first-order valence-electron chi connectivity index (χ1n) is 7.57. The molecule has 1 aliphatic rings. The van der Waals surface area contributed by atoms with Crippen molar-refractivity contribution in [3.8, 4) is 0 Å². The maximum Gasteiger partial charge on any atom is 0.416 e. The number of rotatable bonds is 4. The number of hydrogen-bond donors (Lipinski definition) is 2. The number of hydrogen-bond acceptors (Lipinski definition) is 3. The third kappa shape index (κ3) is 4.95. The highest BCUT2D eigenvalue weighted by molar-refractivity contribution is 5.92. The molecule has 1 fully saturated rings. The monoisotopic (exact) mass is 344 g/mol. The number of alkyl halides is 3. The van der Waals surface area contributed by atoms with Crippen LogP contribution in [0.25, 0.3) is 0 Å². The van der Waals surface area contributed by atoms with E-state index in [-0.39, 0.29) is 24.7 Å². The van der Waals surface area contributed by atoms with E-state index in [0.29, 0.717) is 13.0 Å². The molecule has 24 heavy (non-hydrogen) atoms. The molecule has 0 radical (unpaired) electrons. The molecule has 2 unspecified atom stereocenters. The van der Waals surface area contributed by atoms with Crippen molar-refractivity contribution in [2.45, 2.75) is 19.5 Å². The molecular weight excluding hydrogens is 325 g/mol. The number of carbonyl (C=O) groups excluding carboxylic acids is 1. The fraction of sp³-hybridized carbons (Fsp3) is 0.500. The smallest absolute Gasteiger partial charge is 0.416 e. The van der Waals surface area contributed by atoms with E-state index in [1.54, 1.807) is 4.90 Å². The van der Waals surface area contributed by atoms with Crippen LogP contribution in [0.2, 0.25) is 0 Å². The molecule has 2 atom stereocenters. The van der Waals surface area contributed by atoms with E-state index in [1.807, 2.05) is 6.92 Å². The van der Waals surface area contributed by atoms with Crippen molar-refractivity contribution in [1.29, 1.82) is 0 Å². The third-order valence-electron chi connectivity index (χ3n) is 3.93. The van der Waals surface area contributed by atoms with Crippen LogP contribution in [-0.4, -0.2) is 41.5 Å². The predicted octanol–water partition coefficient (Wildman–Crippen LogP) is 2.69. The lowest BCUT2D eigenvalue weighted by molar-refractivity contribution is -0.144. The first-order valence-corrected chi connectivity index (χ1v) is 7.57. The number of nitrogens with zero attached hydrogens (tertiary/aromatic N) is 1. The number of carboxylic acid groups (broad SMARTS) is 1. The lowest BCUT2D eigenvalue weighted by Crippen LogP contribution is -2.45. The van der Waals surface area contributed by atoms with Crippen LogP contribution < -0.4 is 5.32 Å². The minimum absolute atomic E-state index is 0.0512. The van der Waals surface area contributed by atoms with E-state index >= 15 is 0 Å². The molecule has 0 saturated carbocycles. The molecule has 1 saturated heterocycles. The molecule has 2 N–H and O–H groups in total. The topological polar surface area (TPSA) is 69.6 Å². The molecule has 2 rings (SSSR count). The molecule has 0 aromatic heterocycles. The summed E-state index contributed by atoms with van der Waals surface area (Å²) in [5.74, 6) is -1.76. The summed E-state index contributed by atoms with van der Waals surface area (Å²) in [5, 5.41) is 11.5. The summed E-state index contributed by atoms with van der Waals surface area (Å²) in [4.78, 5) is 24.9. The first kappa shape index (κ1) is 18.3. The second kappa shape index (κ2) is 7.21. The summed E-state index contributed by atoms with van der Waals surface area (Å²) in [6.07, 6.45) is -3.92. The Morgan fingerprint density at radius 3 is 2.67 bits per heavy atom. The Morgan fingerprint density at radius 1 is 1.33 bits per heavy atom. The van der Waals surface area contributed by atoms with Crippen molar-refractivity contribution in [1.82, 2.24) is 4.90 Å². The lowest BCUT2D eigenvalue weighted by atomic mass is 9.90. The van der Waals surface area contributed by atoms with Crippen LogP contribution in [0, 0.1) is 11.8 Å². The molecule has 0 spiro atoms. The largest absolute Gasteiger partial charge is 0.481 e. The quantitative estimate of drug-likeness (QED) is 0.881. The average molecular weight is 344 g/mol. The van der Waals surface area contributed by atoms with Crippen molar-refractivity contribution >= 4 is 17.6 Å². The van der Waals surface area contributed by atoms with Gasteiger partial charge in [0.2, 0.25) is 5.91 Å². The van der Waals surface area contributed by atoms with Gasteiger partial charge in [0.1, 0.15) is 0 Å². The second-order valence-electron chi connectivity index (χ2n) is 6.20. The Balaban J connectivity index is 1.97. The fourth-order valence-electron chi connectivity index (χ4n) is 2.95. The van der Waals surface area contributed by atoms with Crippen LogP contribution in [0.15, 0.2) is 24.3 Å². The number of carbonyl (C=O) groups is 2. The van der Waals surface area contributed by atoms with Gasteiger partial charge in [-0.05, 0) is 30.5 Å². The van der Waals surface area contributed by atoms with Crippen molar-refractivity contribution < 1.29 is 27.9 Å². The zero-order valence-electron chi connectivity index (χ0n) is 13.1. The second-order valence-corrected chi connectivity index (χ2v) is 6.20. The molecule has 8 heteroatoms. The Hall–Kier alpha value is -2.09. The molecule has 1 aromatic rings. The van der Waals surface area contributed by atoms with Crippen LogP contribution >= 0.6 is 0 Å². The van der Waals surface area contributed by atoms with E-state index in [0.717, 1.165) is 12.1 Å². The number of likely N-dealkylation sites (tertiary alicyclic amines) is 1. The van der Waals surface area contributed by atoms with Crippen LogP contribution in [0.3, 0.4) is 0 Å². The van der Waals surface area contributed by atoms with E-state index in [1.165, 1.54) is 12.1 Å². The average Bonchev–Trinajstić information content (AvgIpc) is 2.45. The number of anilines is 1. The van der Waals surface area contributed by atoms with Gasteiger partial charge in [0, 0.05) is 18.8 Å². The van der Waals surface area contributed by atoms with Gasteiger partial charge in [0.25, 0.3) is 0 Å². The van der Waals surface area contributed by atoms with Crippen molar-refractivity contribution in [3.63, 3.8) is 0 Å². The zero-order valence-corrected chi connectivity index (χ0v) is 13.1. The molecular formula is C16H19F3N2O3. The fourth-order valence-corrected chi connectivity index (χ4v) is 2.95.